The van der Waals surface area contributed by atoms with Gasteiger partial charge in [0.15, 0.2) is 0 Å². The fourth-order valence-corrected chi connectivity index (χ4v) is 1.76. The van der Waals surface area contributed by atoms with Crippen LogP contribution in [0, 0.1) is 0 Å². The smallest absolute Gasteiger partial charge is 0.323 e. The third-order valence-electron chi connectivity index (χ3n) is 2.65. The molecule has 0 amide bonds. The summed E-state index contributed by atoms with van der Waals surface area (Å²) in [4.78, 5) is 14.5. The van der Waals surface area contributed by atoms with Gasteiger partial charge in [0.05, 0.1) is 6.61 Å². The molecule has 100 valence electrons. The highest BCUT2D eigenvalue weighted by Crippen LogP contribution is 2.19. The molecule has 0 spiro atoms. The van der Waals surface area contributed by atoms with Crippen molar-refractivity contribution in [1.29, 1.82) is 0 Å². The van der Waals surface area contributed by atoms with Crippen molar-refractivity contribution in [3.63, 3.8) is 0 Å². The molecule has 0 bridgehead atoms. The van der Waals surface area contributed by atoms with Gasteiger partial charge < -0.3 is 14.7 Å². The van der Waals surface area contributed by atoms with E-state index in [0.29, 0.717) is 19.0 Å². The Balaban J connectivity index is 2.10. The average molecular weight is 254 g/mol. The summed E-state index contributed by atoms with van der Waals surface area (Å²) in [6.07, 6.45) is 2.81. The first-order chi connectivity index (χ1) is 8.83. The van der Waals surface area contributed by atoms with E-state index in [-0.39, 0.29) is 18.6 Å². The second-order valence-electron chi connectivity index (χ2n) is 4.01. The number of aliphatic hydroxyl groups excluding tert-OH is 1. The number of anilines is 2. The number of rotatable bonds is 6. The number of nitrogens with two attached hydrogens (primary N) is 1. The Hall–Kier alpha value is -1.67. The summed E-state index contributed by atoms with van der Waals surface area (Å²) in [5.74, 6) is 6.19. The standard InChI is InChI=1S/C10H18N6O2/c11-15-8-12-9(16-4-1-2-5-16)14-10(13-8)18-7-3-6-17/h17H,1-7,11H2,(H,12,13,14,15). The van der Waals surface area contributed by atoms with E-state index in [2.05, 4.69) is 25.3 Å². The molecule has 0 aliphatic carbocycles. The molecule has 1 aliphatic rings. The molecule has 0 unspecified atom stereocenters. The number of hydrogen-bond donors (Lipinski definition) is 3. The van der Waals surface area contributed by atoms with Crippen molar-refractivity contribution in [1.82, 2.24) is 15.0 Å². The quantitative estimate of drug-likeness (QED) is 0.355. The summed E-state index contributed by atoms with van der Waals surface area (Å²) in [5, 5.41) is 8.70. The molecule has 4 N–H and O–H groups in total. The highest BCUT2D eigenvalue weighted by atomic mass is 16.5. The van der Waals surface area contributed by atoms with Crippen molar-refractivity contribution in [2.45, 2.75) is 19.3 Å². The average Bonchev–Trinajstić information content (AvgIpc) is 2.92. The monoisotopic (exact) mass is 254 g/mol. The largest absolute Gasteiger partial charge is 0.463 e. The van der Waals surface area contributed by atoms with Gasteiger partial charge in [0.2, 0.25) is 11.9 Å². The van der Waals surface area contributed by atoms with E-state index in [9.17, 15) is 0 Å². The molecular weight excluding hydrogens is 236 g/mol. The van der Waals surface area contributed by atoms with Gasteiger partial charge in [-0.1, -0.05) is 0 Å². The summed E-state index contributed by atoms with van der Waals surface area (Å²) in [5.41, 5.74) is 2.40. The first-order valence-electron chi connectivity index (χ1n) is 6.05. The second-order valence-corrected chi connectivity index (χ2v) is 4.01. The third-order valence-corrected chi connectivity index (χ3v) is 2.65. The topological polar surface area (TPSA) is 109 Å². The van der Waals surface area contributed by atoms with Gasteiger partial charge in [0.25, 0.3) is 0 Å². The Bertz CT molecular complexity index is 383. The fourth-order valence-electron chi connectivity index (χ4n) is 1.76. The van der Waals surface area contributed by atoms with Gasteiger partial charge in [-0.05, 0) is 12.8 Å². The number of hydrogen-bond acceptors (Lipinski definition) is 8. The lowest BCUT2D eigenvalue weighted by Crippen LogP contribution is -2.23. The van der Waals surface area contributed by atoms with Gasteiger partial charge in [-0.2, -0.15) is 15.0 Å². The number of nitrogens with one attached hydrogen (secondary N) is 1. The van der Waals surface area contributed by atoms with Crippen LogP contribution >= 0.6 is 0 Å². The molecule has 0 saturated carbocycles. The summed E-state index contributed by atoms with van der Waals surface area (Å²) in [6, 6.07) is 0.230. The van der Waals surface area contributed by atoms with Crippen LogP contribution in [0.25, 0.3) is 0 Å². The fraction of sp³-hybridized carbons (Fsp3) is 0.700. The van der Waals surface area contributed by atoms with Crippen LogP contribution in [0.5, 0.6) is 6.01 Å². The minimum absolute atomic E-state index is 0.0755. The predicted octanol–water partition coefficient (Wildman–Crippen LogP) is -0.481. The van der Waals surface area contributed by atoms with E-state index in [0.717, 1.165) is 25.9 Å². The summed E-state index contributed by atoms with van der Waals surface area (Å²) >= 11 is 0. The van der Waals surface area contributed by atoms with E-state index in [4.69, 9.17) is 15.7 Å². The lowest BCUT2D eigenvalue weighted by molar-refractivity contribution is 0.224. The Morgan fingerprint density at radius 2 is 2.06 bits per heavy atom. The Labute approximate surface area is 105 Å². The van der Waals surface area contributed by atoms with Crippen molar-refractivity contribution in [2.75, 3.05) is 36.6 Å². The Morgan fingerprint density at radius 1 is 1.28 bits per heavy atom. The van der Waals surface area contributed by atoms with Gasteiger partial charge in [-0.3, -0.25) is 5.43 Å². The van der Waals surface area contributed by atoms with Crippen molar-refractivity contribution in [3.8, 4) is 6.01 Å². The van der Waals surface area contributed by atoms with Crippen molar-refractivity contribution in [2.24, 2.45) is 5.84 Å². The first kappa shape index (κ1) is 12.8. The highest BCUT2D eigenvalue weighted by molar-refractivity contribution is 5.38. The zero-order chi connectivity index (χ0) is 12.8. The number of nitrogen functional groups attached to an aromatic ring is 1. The van der Waals surface area contributed by atoms with Crippen LogP contribution in [0.4, 0.5) is 11.9 Å². The SMILES string of the molecule is NNc1nc(OCCCO)nc(N2CCCC2)n1. The second kappa shape index (κ2) is 6.31. The number of hydrazine groups is 1. The number of aromatic nitrogens is 3. The zero-order valence-corrected chi connectivity index (χ0v) is 10.2. The third kappa shape index (κ3) is 3.17. The van der Waals surface area contributed by atoms with Gasteiger partial charge in [0, 0.05) is 26.1 Å². The van der Waals surface area contributed by atoms with Gasteiger partial charge in [-0.15, -0.1) is 0 Å². The Morgan fingerprint density at radius 3 is 2.72 bits per heavy atom. The van der Waals surface area contributed by atoms with E-state index >= 15 is 0 Å². The molecule has 1 fully saturated rings. The molecule has 0 radical (unpaired) electrons. The molecule has 2 rings (SSSR count). The molecule has 0 aromatic carbocycles. The molecule has 0 atom stereocenters. The van der Waals surface area contributed by atoms with Crippen LogP contribution < -0.4 is 20.9 Å². The molecule has 1 saturated heterocycles. The van der Waals surface area contributed by atoms with E-state index in [1.165, 1.54) is 0 Å². The van der Waals surface area contributed by atoms with Crippen LogP contribution in [0.1, 0.15) is 19.3 Å². The van der Waals surface area contributed by atoms with Crippen molar-refractivity contribution >= 4 is 11.9 Å². The van der Waals surface area contributed by atoms with Gasteiger partial charge in [-0.25, -0.2) is 5.84 Å². The summed E-state index contributed by atoms with van der Waals surface area (Å²) < 4.78 is 5.34. The molecule has 1 aromatic heterocycles. The van der Waals surface area contributed by atoms with Crippen molar-refractivity contribution < 1.29 is 9.84 Å². The molecule has 18 heavy (non-hydrogen) atoms. The van der Waals surface area contributed by atoms with E-state index < -0.39 is 0 Å². The summed E-state index contributed by atoms with van der Waals surface area (Å²) in [6.45, 7) is 2.31. The first-order valence-corrected chi connectivity index (χ1v) is 6.05. The normalized spacial score (nSPS) is 14.9. The molecule has 1 aliphatic heterocycles. The molecule has 8 nitrogen and oxygen atoms in total. The highest BCUT2D eigenvalue weighted by Gasteiger charge is 2.17. The maximum Gasteiger partial charge on any atom is 0.323 e. The van der Waals surface area contributed by atoms with E-state index in [1.54, 1.807) is 0 Å². The van der Waals surface area contributed by atoms with E-state index in [1.807, 2.05) is 0 Å². The maximum absolute atomic E-state index is 8.70. The summed E-state index contributed by atoms with van der Waals surface area (Å²) in [7, 11) is 0. The molecule has 2 heterocycles. The van der Waals surface area contributed by atoms with Crippen LogP contribution in [-0.2, 0) is 0 Å². The van der Waals surface area contributed by atoms with Crippen molar-refractivity contribution in [3.05, 3.63) is 0 Å². The number of aliphatic hydroxyl groups is 1. The Kier molecular flexibility index (Phi) is 4.48. The predicted molar refractivity (Wildman–Crippen MR) is 66.3 cm³/mol. The molecule has 1 aromatic rings. The minimum Gasteiger partial charge on any atom is -0.463 e. The lowest BCUT2D eigenvalue weighted by Gasteiger charge is -2.16. The van der Waals surface area contributed by atoms with Gasteiger partial charge in [0.1, 0.15) is 0 Å². The van der Waals surface area contributed by atoms with Crippen LogP contribution in [-0.4, -0.2) is 46.4 Å². The molecule has 8 heteroatoms. The molecular formula is C10H18N6O2. The minimum atomic E-state index is 0.0755. The lowest BCUT2D eigenvalue weighted by atomic mass is 10.4. The van der Waals surface area contributed by atoms with Gasteiger partial charge >= 0.3 is 6.01 Å². The number of nitrogens with zero attached hydrogens (tertiary/aromatic N) is 4. The van der Waals surface area contributed by atoms with Crippen LogP contribution in [0.2, 0.25) is 0 Å². The maximum atomic E-state index is 8.70. The van der Waals surface area contributed by atoms with Crippen LogP contribution in [0.15, 0.2) is 0 Å². The zero-order valence-electron chi connectivity index (χ0n) is 10.2. The number of ether oxygens (including phenoxy) is 1. The van der Waals surface area contributed by atoms with Crippen LogP contribution in [0.3, 0.4) is 0 Å².